The highest BCUT2D eigenvalue weighted by atomic mass is 16.4. The van der Waals surface area contributed by atoms with Crippen molar-refractivity contribution in [3.8, 4) is 0 Å². The van der Waals surface area contributed by atoms with Crippen LogP contribution in [0.2, 0.25) is 0 Å². The first kappa shape index (κ1) is 16.5. The van der Waals surface area contributed by atoms with E-state index in [0.717, 1.165) is 50.9 Å². The second-order valence-corrected chi connectivity index (χ2v) is 6.99. The van der Waals surface area contributed by atoms with Crippen molar-refractivity contribution in [3.63, 3.8) is 0 Å². The Kier molecular flexibility index (Phi) is 5.34. The number of nitrogens with zero attached hydrogens (tertiary/aromatic N) is 1. The molecule has 1 aromatic carbocycles. The molecule has 0 amide bonds. The number of hydrogen-bond acceptors (Lipinski definition) is 3. The quantitative estimate of drug-likeness (QED) is 0.876. The maximum atomic E-state index is 11.0. The van der Waals surface area contributed by atoms with Gasteiger partial charge in [0, 0.05) is 6.54 Å². The van der Waals surface area contributed by atoms with Crippen LogP contribution in [0.3, 0.4) is 0 Å². The summed E-state index contributed by atoms with van der Waals surface area (Å²) < 4.78 is 0. The highest BCUT2D eigenvalue weighted by Gasteiger charge is 2.24. The highest BCUT2D eigenvalue weighted by Crippen LogP contribution is 2.26. The molecule has 4 nitrogen and oxygen atoms in total. The molecule has 2 N–H and O–H groups in total. The SMILES string of the molecule is O=C(O)C1CCN(CCC(O)c2ccc3c(c2)CCCC3)CC1. The molecule has 1 fully saturated rings. The molecule has 1 heterocycles. The predicted octanol–water partition coefficient (Wildman–Crippen LogP) is 2.79. The number of benzene rings is 1. The summed E-state index contributed by atoms with van der Waals surface area (Å²) in [6, 6.07) is 6.45. The maximum absolute atomic E-state index is 11.0. The van der Waals surface area contributed by atoms with Gasteiger partial charge >= 0.3 is 5.97 Å². The Labute approximate surface area is 138 Å². The number of piperidine rings is 1. The first-order valence-corrected chi connectivity index (χ1v) is 8.88. The number of aliphatic hydroxyl groups is 1. The van der Waals surface area contributed by atoms with Gasteiger partial charge in [0.05, 0.1) is 12.0 Å². The van der Waals surface area contributed by atoms with Gasteiger partial charge in [0.25, 0.3) is 0 Å². The summed E-state index contributed by atoms with van der Waals surface area (Å²) in [6.07, 6.45) is 6.60. The fraction of sp³-hybridized carbons (Fsp3) is 0.632. The number of aliphatic hydroxyl groups excluding tert-OH is 1. The number of aryl methyl sites for hydroxylation is 2. The van der Waals surface area contributed by atoms with Crippen molar-refractivity contribution in [1.29, 1.82) is 0 Å². The van der Waals surface area contributed by atoms with Crippen molar-refractivity contribution in [3.05, 3.63) is 34.9 Å². The number of hydrogen-bond donors (Lipinski definition) is 2. The lowest BCUT2D eigenvalue weighted by molar-refractivity contribution is -0.143. The van der Waals surface area contributed by atoms with Gasteiger partial charge in [-0.25, -0.2) is 0 Å². The third-order valence-electron chi connectivity index (χ3n) is 5.41. The number of carboxylic acid groups (broad SMARTS) is 1. The van der Waals surface area contributed by atoms with Crippen LogP contribution in [0.4, 0.5) is 0 Å². The van der Waals surface area contributed by atoms with Crippen molar-refractivity contribution < 1.29 is 15.0 Å². The van der Waals surface area contributed by atoms with E-state index >= 15 is 0 Å². The monoisotopic (exact) mass is 317 g/mol. The molecule has 1 unspecified atom stereocenters. The van der Waals surface area contributed by atoms with Gasteiger partial charge in [-0.1, -0.05) is 18.2 Å². The molecular formula is C19H27NO3. The molecule has 2 aliphatic rings. The second-order valence-electron chi connectivity index (χ2n) is 6.99. The van der Waals surface area contributed by atoms with Crippen LogP contribution in [0, 0.1) is 5.92 Å². The smallest absolute Gasteiger partial charge is 0.306 e. The van der Waals surface area contributed by atoms with Crippen molar-refractivity contribution in [2.24, 2.45) is 5.92 Å². The zero-order valence-electron chi connectivity index (χ0n) is 13.7. The van der Waals surface area contributed by atoms with Crippen LogP contribution < -0.4 is 0 Å². The highest BCUT2D eigenvalue weighted by molar-refractivity contribution is 5.70. The van der Waals surface area contributed by atoms with Gasteiger partial charge in [-0.15, -0.1) is 0 Å². The van der Waals surface area contributed by atoms with Crippen LogP contribution in [-0.4, -0.2) is 40.7 Å². The molecule has 23 heavy (non-hydrogen) atoms. The molecule has 0 spiro atoms. The van der Waals surface area contributed by atoms with Crippen LogP contribution in [0.5, 0.6) is 0 Å². The van der Waals surface area contributed by atoms with Crippen molar-refractivity contribution in [1.82, 2.24) is 4.90 Å². The number of likely N-dealkylation sites (tertiary alicyclic amines) is 1. The minimum atomic E-state index is -0.668. The van der Waals surface area contributed by atoms with E-state index in [-0.39, 0.29) is 5.92 Å². The van der Waals surface area contributed by atoms with E-state index in [1.54, 1.807) is 0 Å². The summed E-state index contributed by atoms with van der Waals surface area (Å²) in [5.74, 6) is -0.851. The summed E-state index contributed by atoms with van der Waals surface area (Å²) in [5, 5.41) is 19.5. The van der Waals surface area contributed by atoms with Gasteiger partial charge in [0.2, 0.25) is 0 Å². The Morgan fingerprint density at radius 1 is 1.17 bits per heavy atom. The lowest BCUT2D eigenvalue weighted by Crippen LogP contribution is -2.37. The lowest BCUT2D eigenvalue weighted by Gasteiger charge is -2.30. The molecular weight excluding hydrogens is 290 g/mol. The number of aliphatic carboxylic acids is 1. The minimum absolute atomic E-state index is 0.184. The third kappa shape index (κ3) is 4.12. The van der Waals surface area contributed by atoms with Gasteiger partial charge in [0.1, 0.15) is 0 Å². The molecule has 1 saturated heterocycles. The molecule has 1 aliphatic heterocycles. The Morgan fingerprint density at radius 2 is 1.87 bits per heavy atom. The Hall–Kier alpha value is -1.39. The molecule has 1 aromatic rings. The number of rotatable bonds is 5. The van der Waals surface area contributed by atoms with Crippen molar-refractivity contribution in [2.75, 3.05) is 19.6 Å². The van der Waals surface area contributed by atoms with Gasteiger partial charge in [0.15, 0.2) is 0 Å². The van der Waals surface area contributed by atoms with E-state index in [1.807, 2.05) is 0 Å². The molecule has 0 bridgehead atoms. The molecule has 4 heteroatoms. The first-order chi connectivity index (χ1) is 11.1. The van der Waals surface area contributed by atoms with Crippen LogP contribution in [-0.2, 0) is 17.6 Å². The van der Waals surface area contributed by atoms with Gasteiger partial charge in [-0.05, 0) is 74.7 Å². The normalized spacial score (nSPS) is 20.9. The third-order valence-corrected chi connectivity index (χ3v) is 5.41. The van der Waals surface area contributed by atoms with Crippen LogP contribution in [0.1, 0.15) is 54.9 Å². The molecule has 0 saturated carbocycles. The van der Waals surface area contributed by atoms with E-state index in [1.165, 1.54) is 30.4 Å². The summed E-state index contributed by atoms with van der Waals surface area (Å²) in [4.78, 5) is 13.2. The summed E-state index contributed by atoms with van der Waals surface area (Å²) in [6.45, 7) is 2.49. The number of carbonyl (C=O) groups is 1. The standard InChI is InChI=1S/C19H27NO3/c21-18(9-12-20-10-7-15(8-11-20)19(22)23)17-6-5-14-3-1-2-4-16(14)13-17/h5-6,13,15,18,21H,1-4,7-12H2,(H,22,23). The van der Waals surface area contributed by atoms with Crippen molar-refractivity contribution in [2.45, 2.75) is 51.0 Å². The fourth-order valence-corrected chi connectivity index (χ4v) is 3.84. The zero-order valence-corrected chi connectivity index (χ0v) is 13.7. The predicted molar refractivity (Wildman–Crippen MR) is 89.5 cm³/mol. The summed E-state index contributed by atoms with van der Waals surface area (Å²) in [5.41, 5.74) is 3.89. The van der Waals surface area contributed by atoms with E-state index in [2.05, 4.69) is 23.1 Å². The second kappa shape index (κ2) is 7.45. The average Bonchev–Trinajstić information content (AvgIpc) is 2.59. The molecule has 1 aliphatic carbocycles. The Balaban J connectivity index is 1.50. The molecule has 1 atom stereocenters. The lowest BCUT2D eigenvalue weighted by atomic mass is 9.89. The Morgan fingerprint density at radius 3 is 2.57 bits per heavy atom. The fourth-order valence-electron chi connectivity index (χ4n) is 3.84. The minimum Gasteiger partial charge on any atom is -0.481 e. The molecule has 3 rings (SSSR count). The van der Waals surface area contributed by atoms with E-state index in [4.69, 9.17) is 5.11 Å². The van der Waals surface area contributed by atoms with Crippen LogP contribution in [0.15, 0.2) is 18.2 Å². The topological polar surface area (TPSA) is 60.8 Å². The number of fused-ring (bicyclic) bond motifs is 1. The van der Waals surface area contributed by atoms with E-state index in [0.29, 0.717) is 0 Å². The van der Waals surface area contributed by atoms with Gasteiger partial charge in [-0.3, -0.25) is 4.79 Å². The van der Waals surface area contributed by atoms with E-state index < -0.39 is 12.1 Å². The summed E-state index contributed by atoms with van der Waals surface area (Å²) in [7, 11) is 0. The molecule has 0 aromatic heterocycles. The van der Waals surface area contributed by atoms with Crippen LogP contribution in [0.25, 0.3) is 0 Å². The number of carboxylic acids is 1. The maximum Gasteiger partial charge on any atom is 0.306 e. The summed E-state index contributed by atoms with van der Waals surface area (Å²) >= 11 is 0. The molecule has 126 valence electrons. The average molecular weight is 317 g/mol. The van der Waals surface area contributed by atoms with Gasteiger partial charge in [-0.2, -0.15) is 0 Å². The first-order valence-electron chi connectivity index (χ1n) is 8.88. The van der Waals surface area contributed by atoms with Crippen LogP contribution >= 0.6 is 0 Å². The van der Waals surface area contributed by atoms with Crippen molar-refractivity contribution >= 4 is 5.97 Å². The Bertz CT molecular complexity index is 550. The molecule has 0 radical (unpaired) electrons. The van der Waals surface area contributed by atoms with Gasteiger partial charge < -0.3 is 15.1 Å². The largest absolute Gasteiger partial charge is 0.481 e. The zero-order chi connectivity index (χ0) is 16.2. The van der Waals surface area contributed by atoms with E-state index in [9.17, 15) is 9.90 Å².